The zero-order valence-electron chi connectivity index (χ0n) is 11.5. The van der Waals surface area contributed by atoms with Crippen LogP contribution in [0.4, 0.5) is 4.79 Å². The minimum atomic E-state index is -1.54. The number of hydrogen-bond acceptors (Lipinski definition) is 7. The summed E-state index contributed by atoms with van der Waals surface area (Å²) in [4.78, 5) is 45.0. The van der Waals surface area contributed by atoms with E-state index in [0.717, 1.165) is 16.7 Å². The van der Waals surface area contributed by atoms with E-state index in [4.69, 9.17) is 15.9 Å². The van der Waals surface area contributed by atoms with Gasteiger partial charge in [0.2, 0.25) is 5.91 Å². The summed E-state index contributed by atoms with van der Waals surface area (Å²) in [6, 6.07) is 0. The fourth-order valence-electron chi connectivity index (χ4n) is 2.22. The number of thioether (sulfide) groups is 1. The maximum absolute atomic E-state index is 11.7. The molecule has 0 aromatic carbocycles. The normalized spacial score (nSPS) is 27.0. The van der Waals surface area contributed by atoms with Crippen LogP contribution in [0.2, 0.25) is 0 Å². The van der Waals surface area contributed by atoms with Gasteiger partial charge in [-0.3, -0.25) is 19.9 Å². The van der Waals surface area contributed by atoms with Gasteiger partial charge in [-0.1, -0.05) is 11.8 Å². The lowest BCUT2D eigenvalue weighted by molar-refractivity contribution is -0.139. The van der Waals surface area contributed by atoms with Crippen molar-refractivity contribution in [2.75, 3.05) is 0 Å². The van der Waals surface area contributed by atoms with E-state index in [9.17, 15) is 24.3 Å². The molecule has 22 heavy (non-hydrogen) atoms. The van der Waals surface area contributed by atoms with Crippen molar-refractivity contribution in [3.8, 4) is 0 Å². The number of carbonyl (C=O) groups is 4. The van der Waals surface area contributed by atoms with Gasteiger partial charge in [-0.2, -0.15) is 0 Å². The zero-order valence-corrected chi connectivity index (χ0v) is 12.3. The van der Waals surface area contributed by atoms with Crippen LogP contribution in [0, 0.1) is 5.41 Å². The number of β-lactam (4-membered cyclic amide) rings is 1. The molecule has 2 rings (SSSR count). The third-order valence-electron chi connectivity index (χ3n) is 2.99. The molecule has 2 aliphatic heterocycles. The fraction of sp³-hybridized carbons (Fsp3) is 0.364. The number of carboxylic acid groups (broad SMARTS) is 1. The minimum absolute atomic E-state index is 0.307. The van der Waals surface area contributed by atoms with Crippen LogP contribution in [0.25, 0.3) is 0 Å². The predicted molar refractivity (Wildman–Crippen MR) is 73.5 cm³/mol. The van der Waals surface area contributed by atoms with Gasteiger partial charge in [-0.05, 0) is 6.92 Å². The predicted octanol–water partition coefficient (Wildman–Crippen LogP) is -0.835. The van der Waals surface area contributed by atoms with E-state index in [0.29, 0.717) is 0 Å². The Kier molecular flexibility index (Phi) is 3.61. The van der Waals surface area contributed by atoms with E-state index >= 15 is 0 Å². The van der Waals surface area contributed by atoms with Crippen molar-refractivity contribution in [3.63, 3.8) is 0 Å². The first kappa shape index (κ1) is 15.8. The van der Waals surface area contributed by atoms with Crippen molar-refractivity contribution in [3.05, 3.63) is 11.5 Å². The van der Waals surface area contributed by atoms with Crippen LogP contribution in [0.5, 0.6) is 0 Å². The van der Waals surface area contributed by atoms with Gasteiger partial charge in [0.15, 0.2) is 11.5 Å². The van der Waals surface area contributed by atoms with Gasteiger partial charge < -0.3 is 20.9 Å². The Labute approximate surface area is 128 Å². The summed E-state index contributed by atoms with van der Waals surface area (Å²) in [5.74, 6) is -3.34. The summed E-state index contributed by atoms with van der Waals surface area (Å²) in [5.41, 5.74) is 4.01. The average molecular weight is 328 g/mol. The number of nitrogens with zero attached hydrogens (tertiary/aromatic N) is 1. The molecule has 0 spiro atoms. The van der Waals surface area contributed by atoms with Gasteiger partial charge in [0.1, 0.15) is 16.0 Å². The van der Waals surface area contributed by atoms with Crippen molar-refractivity contribution in [1.82, 2.24) is 10.2 Å². The number of ether oxygens (including phenoxy) is 1. The molecule has 1 saturated heterocycles. The maximum atomic E-state index is 11.7. The summed E-state index contributed by atoms with van der Waals surface area (Å²) in [6.45, 7) is 2.59. The first-order valence-corrected chi connectivity index (χ1v) is 6.80. The van der Waals surface area contributed by atoms with Gasteiger partial charge in [0.25, 0.3) is 5.91 Å². The fourth-order valence-corrected chi connectivity index (χ4v) is 3.64. The molecule has 2 atom stereocenters. The van der Waals surface area contributed by atoms with Crippen molar-refractivity contribution >= 4 is 41.4 Å². The average Bonchev–Trinajstić information content (AvgIpc) is 2.38. The Balaban J connectivity index is 2.63. The number of nitrogens with two attached hydrogens (primary N) is 1. The monoisotopic (exact) mass is 328 g/mol. The number of fused-ring (bicyclic) bond motifs is 1. The molecule has 10 nitrogen and oxygen atoms in total. The number of nitrogens with one attached hydrogen (secondary N) is 2. The van der Waals surface area contributed by atoms with Crippen molar-refractivity contribution in [2.24, 2.45) is 5.73 Å². The molecule has 0 aliphatic carbocycles. The molecule has 11 heteroatoms. The summed E-state index contributed by atoms with van der Waals surface area (Å²) in [7, 11) is 0. The molecule has 0 aromatic heterocycles. The van der Waals surface area contributed by atoms with Crippen LogP contribution in [0.15, 0.2) is 11.5 Å². The van der Waals surface area contributed by atoms with Crippen LogP contribution in [0.1, 0.15) is 13.8 Å². The van der Waals surface area contributed by atoms with Crippen LogP contribution < -0.4 is 11.1 Å². The summed E-state index contributed by atoms with van der Waals surface area (Å²) < 4.78 is 4.76. The van der Waals surface area contributed by atoms with Gasteiger partial charge in [0.05, 0.1) is 0 Å². The van der Waals surface area contributed by atoms with Gasteiger partial charge >= 0.3 is 12.1 Å². The molecule has 3 amide bonds. The van der Waals surface area contributed by atoms with E-state index in [1.54, 1.807) is 0 Å². The SMILES string of the molecule is CC(=O)NC1(C)S[C@@H]2C(=N)C(=O)N2C(C(=O)O)=C1OC(N)=O. The third-order valence-corrected chi connectivity index (χ3v) is 4.42. The Hall–Kier alpha value is -2.56. The smallest absolute Gasteiger partial charge is 0.409 e. The topological polar surface area (TPSA) is 163 Å². The third kappa shape index (κ3) is 2.28. The highest BCUT2D eigenvalue weighted by Gasteiger charge is 2.58. The highest BCUT2D eigenvalue weighted by molar-refractivity contribution is 8.02. The van der Waals surface area contributed by atoms with Crippen LogP contribution in [-0.2, 0) is 19.1 Å². The van der Waals surface area contributed by atoms with E-state index in [1.165, 1.54) is 13.8 Å². The Bertz CT molecular complexity index is 659. The minimum Gasteiger partial charge on any atom is -0.476 e. The second kappa shape index (κ2) is 5.02. The Morgan fingerprint density at radius 2 is 2.09 bits per heavy atom. The summed E-state index contributed by atoms with van der Waals surface area (Å²) in [5, 5.41) is 18.5. The maximum Gasteiger partial charge on any atom is 0.409 e. The first-order chi connectivity index (χ1) is 10.1. The van der Waals surface area contributed by atoms with Gasteiger partial charge in [0, 0.05) is 6.92 Å². The zero-order chi connectivity index (χ0) is 16.8. The lowest BCUT2D eigenvalue weighted by Gasteiger charge is -2.49. The lowest BCUT2D eigenvalue weighted by atomic mass is 10.1. The highest BCUT2D eigenvalue weighted by Crippen LogP contribution is 2.47. The van der Waals surface area contributed by atoms with Crippen LogP contribution in [-0.4, -0.2) is 49.8 Å². The Morgan fingerprint density at radius 1 is 1.50 bits per heavy atom. The van der Waals surface area contributed by atoms with Crippen LogP contribution >= 0.6 is 11.8 Å². The summed E-state index contributed by atoms with van der Waals surface area (Å²) in [6.07, 6.45) is -1.28. The molecule has 0 saturated carbocycles. The Morgan fingerprint density at radius 3 is 2.55 bits per heavy atom. The number of aliphatic carboxylic acids is 1. The second-order valence-corrected chi connectivity index (χ2v) is 6.18. The molecule has 0 aromatic rings. The molecular weight excluding hydrogens is 316 g/mol. The molecule has 118 valence electrons. The van der Waals surface area contributed by atoms with E-state index < -0.39 is 45.6 Å². The number of hydrogen-bond donors (Lipinski definition) is 4. The van der Waals surface area contributed by atoms with Crippen molar-refractivity contribution in [2.45, 2.75) is 24.1 Å². The highest BCUT2D eigenvalue weighted by atomic mass is 32.2. The molecule has 0 bridgehead atoms. The quantitative estimate of drug-likeness (QED) is 0.491. The molecule has 0 radical (unpaired) electrons. The number of carboxylic acids is 1. The number of carbonyl (C=O) groups excluding carboxylic acids is 3. The standard InChI is InChI=1S/C11H12N4O6S/c1-3(16)14-11(2)6(21-10(13)20)5(9(18)19)15-7(17)4(12)8(15)22-11/h8,12H,1-2H3,(H2,13,20)(H,14,16)(H,18,19)/t8-,11?/m1/s1. The first-order valence-electron chi connectivity index (χ1n) is 5.92. The van der Waals surface area contributed by atoms with E-state index in [1.807, 2.05) is 0 Å². The molecule has 1 unspecified atom stereocenters. The number of primary amides is 1. The molecule has 2 aliphatic rings. The van der Waals surface area contributed by atoms with Gasteiger partial charge in [-0.25, -0.2) is 9.59 Å². The van der Waals surface area contributed by atoms with Gasteiger partial charge in [-0.15, -0.1) is 0 Å². The van der Waals surface area contributed by atoms with E-state index in [-0.39, 0.29) is 5.71 Å². The summed E-state index contributed by atoms with van der Waals surface area (Å²) >= 11 is 0.890. The van der Waals surface area contributed by atoms with Crippen molar-refractivity contribution < 1.29 is 29.0 Å². The molecular formula is C11H12N4O6S. The lowest BCUT2D eigenvalue weighted by Crippen LogP contribution is -2.66. The largest absolute Gasteiger partial charge is 0.476 e. The molecule has 1 fully saturated rings. The number of rotatable bonds is 3. The molecule has 5 N–H and O–H groups in total. The second-order valence-electron chi connectivity index (χ2n) is 4.68. The molecule has 2 heterocycles. The van der Waals surface area contributed by atoms with E-state index in [2.05, 4.69) is 5.32 Å². The number of amides is 3. The van der Waals surface area contributed by atoms with Crippen molar-refractivity contribution in [1.29, 1.82) is 5.41 Å². The van der Waals surface area contributed by atoms with Crippen LogP contribution in [0.3, 0.4) is 0 Å².